The Labute approximate surface area is 117 Å². The molecule has 19 heavy (non-hydrogen) atoms. The van der Waals surface area contributed by atoms with Crippen LogP contribution in [0.3, 0.4) is 0 Å². The summed E-state index contributed by atoms with van der Waals surface area (Å²) in [6, 6.07) is 6.06. The van der Waals surface area contributed by atoms with Crippen molar-refractivity contribution in [2.24, 2.45) is 0 Å². The molecule has 0 fully saturated rings. The average Bonchev–Trinajstić information content (AvgIpc) is 2.32. The number of sulfone groups is 1. The summed E-state index contributed by atoms with van der Waals surface area (Å²) in [6.07, 6.45) is 0.675. The third kappa shape index (κ3) is 4.96. The fourth-order valence-electron chi connectivity index (χ4n) is 2.15. The Morgan fingerprint density at radius 1 is 1.16 bits per heavy atom. The van der Waals surface area contributed by atoms with Crippen LogP contribution in [0, 0.1) is 13.8 Å². The lowest BCUT2D eigenvalue weighted by Gasteiger charge is -2.19. The maximum Gasteiger partial charge on any atom is 0.152 e. The Morgan fingerprint density at radius 3 is 2.37 bits per heavy atom. The summed E-state index contributed by atoms with van der Waals surface area (Å²) in [7, 11) is -2.99. The number of benzene rings is 1. The lowest BCUT2D eigenvalue weighted by atomic mass is 10.0. The summed E-state index contributed by atoms with van der Waals surface area (Å²) in [5, 5.41) is 3.28. The topological polar surface area (TPSA) is 46.2 Å². The molecule has 0 aliphatic rings. The molecule has 0 radical (unpaired) electrons. The van der Waals surface area contributed by atoms with Crippen LogP contribution in [0.15, 0.2) is 18.2 Å². The monoisotopic (exact) mass is 283 g/mol. The standard InChI is InChI=1S/C15H25NO2S/c1-5-9-19(17,18)11-15(16-6-2)14-8-7-12(3)13(4)10-14/h7-8,10,15-16H,5-6,9,11H2,1-4H3. The van der Waals surface area contributed by atoms with Crippen LogP contribution < -0.4 is 5.32 Å². The summed E-state index contributed by atoms with van der Waals surface area (Å²) in [6.45, 7) is 8.78. The van der Waals surface area contributed by atoms with Gasteiger partial charge >= 0.3 is 0 Å². The Morgan fingerprint density at radius 2 is 1.84 bits per heavy atom. The van der Waals surface area contributed by atoms with Gasteiger partial charge in [-0.25, -0.2) is 8.42 Å². The van der Waals surface area contributed by atoms with E-state index in [0.29, 0.717) is 6.42 Å². The molecule has 4 heteroatoms. The van der Waals surface area contributed by atoms with Gasteiger partial charge in [-0.05, 0) is 43.5 Å². The first-order valence-corrected chi connectivity index (χ1v) is 8.72. The molecular formula is C15H25NO2S. The maximum absolute atomic E-state index is 12.0. The van der Waals surface area contributed by atoms with Gasteiger partial charge in [-0.1, -0.05) is 32.0 Å². The third-order valence-corrected chi connectivity index (χ3v) is 5.19. The minimum atomic E-state index is -2.99. The highest BCUT2D eigenvalue weighted by Gasteiger charge is 2.19. The van der Waals surface area contributed by atoms with Gasteiger partial charge in [0.05, 0.1) is 5.75 Å². The van der Waals surface area contributed by atoms with Gasteiger partial charge in [0.2, 0.25) is 0 Å². The van der Waals surface area contributed by atoms with Crippen LogP contribution in [0.4, 0.5) is 0 Å². The molecule has 1 atom stereocenters. The molecule has 1 N–H and O–H groups in total. The Kier molecular flexibility index (Phi) is 6.01. The summed E-state index contributed by atoms with van der Waals surface area (Å²) in [5.41, 5.74) is 3.49. The number of aryl methyl sites for hydroxylation is 2. The van der Waals surface area contributed by atoms with Crippen LogP contribution in [0.25, 0.3) is 0 Å². The van der Waals surface area contributed by atoms with Crippen LogP contribution in [0.5, 0.6) is 0 Å². The van der Waals surface area contributed by atoms with Crippen molar-refractivity contribution in [2.45, 2.75) is 40.2 Å². The SMILES string of the molecule is CCCS(=O)(=O)CC(NCC)c1ccc(C)c(C)c1. The van der Waals surface area contributed by atoms with Crippen molar-refractivity contribution in [1.82, 2.24) is 5.32 Å². The van der Waals surface area contributed by atoms with E-state index in [0.717, 1.165) is 12.1 Å². The average molecular weight is 283 g/mol. The smallest absolute Gasteiger partial charge is 0.152 e. The molecule has 0 saturated carbocycles. The van der Waals surface area contributed by atoms with Gasteiger partial charge in [0.25, 0.3) is 0 Å². The Hall–Kier alpha value is -0.870. The van der Waals surface area contributed by atoms with E-state index in [1.807, 2.05) is 19.9 Å². The molecule has 0 aliphatic carbocycles. The third-order valence-electron chi connectivity index (χ3n) is 3.32. The van der Waals surface area contributed by atoms with Crippen molar-refractivity contribution in [1.29, 1.82) is 0 Å². The van der Waals surface area contributed by atoms with Gasteiger partial charge < -0.3 is 5.32 Å². The van der Waals surface area contributed by atoms with Crippen LogP contribution in [0.2, 0.25) is 0 Å². The van der Waals surface area contributed by atoms with Crippen LogP contribution in [-0.2, 0) is 9.84 Å². The van der Waals surface area contributed by atoms with Gasteiger partial charge in [-0.2, -0.15) is 0 Å². The summed E-state index contributed by atoms with van der Waals surface area (Å²) in [5.74, 6) is 0.441. The van der Waals surface area contributed by atoms with Crippen LogP contribution in [-0.4, -0.2) is 26.5 Å². The fourth-order valence-corrected chi connectivity index (χ4v) is 3.76. The van der Waals surface area contributed by atoms with Gasteiger partial charge in [0.15, 0.2) is 9.84 Å². The molecule has 0 bridgehead atoms. The van der Waals surface area contributed by atoms with E-state index in [2.05, 4.69) is 31.3 Å². The van der Waals surface area contributed by atoms with Crippen molar-refractivity contribution < 1.29 is 8.42 Å². The van der Waals surface area contributed by atoms with E-state index in [1.165, 1.54) is 11.1 Å². The maximum atomic E-state index is 12.0. The van der Waals surface area contributed by atoms with E-state index in [9.17, 15) is 8.42 Å². The minimum absolute atomic E-state index is 0.110. The Bertz CT molecular complexity index is 509. The second kappa shape index (κ2) is 7.06. The van der Waals surface area contributed by atoms with Gasteiger partial charge in [0.1, 0.15) is 0 Å². The molecule has 0 spiro atoms. The highest BCUT2D eigenvalue weighted by molar-refractivity contribution is 7.91. The summed E-state index contributed by atoms with van der Waals surface area (Å²) < 4.78 is 24.0. The molecular weight excluding hydrogens is 258 g/mol. The fraction of sp³-hybridized carbons (Fsp3) is 0.600. The molecule has 1 aromatic carbocycles. The molecule has 0 heterocycles. The number of nitrogens with one attached hydrogen (secondary N) is 1. The van der Waals surface area contributed by atoms with Crippen molar-refractivity contribution in [3.63, 3.8) is 0 Å². The summed E-state index contributed by atoms with van der Waals surface area (Å²) >= 11 is 0. The second-order valence-electron chi connectivity index (χ2n) is 5.07. The second-order valence-corrected chi connectivity index (χ2v) is 7.30. The molecule has 1 unspecified atom stereocenters. The zero-order chi connectivity index (χ0) is 14.5. The molecule has 0 aliphatic heterocycles. The minimum Gasteiger partial charge on any atom is -0.309 e. The quantitative estimate of drug-likeness (QED) is 0.837. The normalized spacial score (nSPS) is 13.5. The van der Waals surface area contributed by atoms with Gasteiger partial charge in [-0.15, -0.1) is 0 Å². The predicted molar refractivity (Wildman–Crippen MR) is 81.3 cm³/mol. The van der Waals surface area contributed by atoms with Gasteiger partial charge in [-0.3, -0.25) is 0 Å². The Balaban J connectivity index is 2.97. The van der Waals surface area contributed by atoms with E-state index in [1.54, 1.807) is 0 Å². The molecule has 0 saturated heterocycles. The molecule has 0 amide bonds. The van der Waals surface area contributed by atoms with E-state index < -0.39 is 9.84 Å². The van der Waals surface area contributed by atoms with Crippen molar-refractivity contribution >= 4 is 9.84 Å². The van der Waals surface area contributed by atoms with Crippen LogP contribution in [0.1, 0.15) is 43.0 Å². The van der Waals surface area contributed by atoms with E-state index >= 15 is 0 Å². The first-order valence-electron chi connectivity index (χ1n) is 6.90. The molecule has 0 aromatic heterocycles. The first kappa shape index (κ1) is 16.2. The highest BCUT2D eigenvalue weighted by atomic mass is 32.2. The van der Waals surface area contributed by atoms with Gasteiger partial charge in [0, 0.05) is 11.8 Å². The summed E-state index contributed by atoms with van der Waals surface area (Å²) in [4.78, 5) is 0. The van der Waals surface area contributed by atoms with Crippen LogP contribution >= 0.6 is 0 Å². The highest BCUT2D eigenvalue weighted by Crippen LogP contribution is 2.19. The number of hydrogen-bond acceptors (Lipinski definition) is 3. The molecule has 1 aromatic rings. The van der Waals surface area contributed by atoms with Crippen molar-refractivity contribution in [2.75, 3.05) is 18.1 Å². The molecule has 3 nitrogen and oxygen atoms in total. The lowest BCUT2D eigenvalue weighted by Crippen LogP contribution is -2.29. The number of hydrogen-bond donors (Lipinski definition) is 1. The van der Waals surface area contributed by atoms with Crippen molar-refractivity contribution in [3.8, 4) is 0 Å². The number of rotatable bonds is 7. The van der Waals surface area contributed by atoms with E-state index in [-0.39, 0.29) is 17.5 Å². The zero-order valence-corrected chi connectivity index (χ0v) is 13.2. The van der Waals surface area contributed by atoms with E-state index in [4.69, 9.17) is 0 Å². The largest absolute Gasteiger partial charge is 0.309 e. The lowest BCUT2D eigenvalue weighted by molar-refractivity contribution is 0.558. The van der Waals surface area contributed by atoms with Crippen molar-refractivity contribution in [3.05, 3.63) is 34.9 Å². The molecule has 108 valence electrons. The molecule has 1 rings (SSSR count). The first-order chi connectivity index (χ1) is 8.89. The predicted octanol–water partition coefficient (Wildman–Crippen LogP) is 2.78. The zero-order valence-electron chi connectivity index (χ0n) is 12.4.